The number of esters is 1. The first kappa shape index (κ1) is 16.1. The summed E-state index contributed by atoms with van der Waals surface area (Å²) in [5.41, 5.74) is 4.70. The summed E-state index contributed by atoms with van der Waals surface area (Å²) in [4.78, 5) is 43.6. The van der Waals surface area contributed by atoms with Gasteiger partial charge in [-0.3, -0.25) is 25.0 Å². The Kier molecular flexibility index (Phi) is 5.35. The Balaban J connectivity index is 2.68. The van der Waals surface area contributed by atoms with Crippen LogP contribution < -0.4 is 11.1 Å². The summed E-state index contributed by atoms with van der Waals surface area (Å²) in [6.45, 7) is 1.25. The van der Waals surface area contributed by atoms with Gasteiger partial charge in [-0.1, -0.05) is 18.2 Å². The van der Waals surface area contributed by atoms with E-state index in [-0.39, 0.29) is 17.7 Å². The maximum atomic E-state index is 11.6. The van der Waals surface area contributed by atoms with Crippen molar-refractivity contribution in [2.75, 3.05) is 0 Å². The predicted molar refractivity (Wildman–Crippen MR) is 70.1 cm³/mol. The van der Waals surface area contributed by atoms with Crippen molar-refractivity contribution in [1.29, 1.82) is 0 Å². The van der Waals surface area contributed by atoms with Crippen molar-refractivity contribution in [3.63, 3.8) is 0 Å². The fourth-order valence-electron chi connectivity index (χ4n) is 1.51. The van der Waals surface area contributed by atoms with Crippen molar-refractivity contribution < 1.29 is 24.0 Å². The Hall–Kier alpha value is -2.97. The summed E-state index contributed by atoms with van der Waals surface area (Å²) in [7, 11) is 0. The highest BCUT2D eigenvalue weighted by Gasteiger charge is 2.21. The summed E-state index contributed by atoms with van der Waals surface area (Å²) in [5, 5.41) is 12.5. The minimum absolute atomic E-state index is 0.162. The molecule has 0 saturated carbocycles. The standard InChI is InChI=1S/C12H13N3O6/c1-7(11(17)14-12(13)18)21-10(16)6-8-4-2-3-5-9(8)15(19)20/h2-5,7H,6H2,1H3,(H3,13,14,17,18)/t7-/m1/s1. The smallest absolute Gasteiger partial charge is 0.318 e. The molecule has 1 aromatic carbocycles. The van der Waals surface area contributed by atoms with Crippen molar-refractivity contribution in [2.24, 2.45) is 5.73 Å². The van der Waals surface area contributed by atoms with Gasteiger partial charge in [0.2, 0.25) is 0 Å². The molecule has 1 rings (SSSR count). The van der Waals surface area contributed by atoms with E-state index in [1.165, 1.54) is 25.1 Å². The van der Waals surface area contributed by atoms with Crippen LogP contribution in [-0.2, 0) is 20.7 Å². The van der Waals surface area contributed by atoms with E-state index < -0.39 is 28.9 Å². The summed E-state index contributed by atoms with van der Waals surface area (Å²) < 4.78 is 4.77. The van der Waals surface area contributed by atoms with Crippen LogP contribution in [0.2, 0.25) is 0 Å². The lowest BCUT2D eigenvalue weighted by Crippen LogP contribution is -2.42. The van der Waals surface area contributed by atoms with E-state index in [1.54, 1.807) is 11.4 Å². The molecule has 1 atom stereocenters. The number of nitrogens with zero attached hydrogens (tertiary/aromatic N) is 1. The molecule has 0 aliphatic carbocycles. The molecule has 9 heteroatoms. The van der Waals surface area contributed by atoms with E-state index in [9.17, 15) is 24.5 Å². The molecule has 0 heterocycles. The van der Waals surface area contributed by atoms with E-state index in [2.05, 4.69) is 0 Å². The zero-order valence-electron chi connectivity index (χ0n) is 11.1. The third-order valence-corrected chi connectivity index (χ3v) is 2.45. The second kappa shape index (κ2) is 6.98. The van der Waals surface area contributed by atoms with Gasteiger partial charge in [0.15, 0.2) is 6.10 Å². The largest absolute Gasteiger partial charge is 0.452 e. The molecule has 0 bridgehead atoms. The molecular formula is C12H13N3O6. The highest BCUT2D eigenvalue weighted by molar-refractivity contribution is 5.96. The molecule has 0 aliphatic heterocycles. The van der Waals surface area contributed by atoms with Crippen LogP contribution in [0.3, 0.4) is 0 Å². The topological polar surface area (TPSA) is 142 Å². The fraction of sp³-hybridized carbons (Fsp3) is 0.250. The Morgan fingerprint density at radius 2 is 2.00 bits per heavy atom. The monoisotopic (exact) mass is 295 g/mol. The average Bonchev–Trinajstić information content (AvgIpc) is 2.37. The molecule has 0 aliphatic rings. The minimum Gasteiger partial charge on any atom is -0.452 e. The number of hydrogen-bond acceptors (Lipinski definition) is 6. The summed E-state index contributed by atoms with van der Waals surface area (Å²) in [6.07, 6.45) is -1.61. The van der Waals surface area contributed by atoms with Gasteiger partial charge in [0.25, 0.3) is 11.6 Å². The maximum Gasteiger partial charge on any atom is 0.318 e. The normalized spacial score (nSPS) is 11.3. The number of nitro groups is 1. The zero-order valence-corrected chi connectivity index (χ0v) is 11.1. The number of primary amides is 1. The number of ether oxygens (including phenoxy) is 1. The molecular weight excluding hydrogens is 282 g/mol. The molecule has 0 unspecified atom stereocenters. The minimum atomic E-state index is -1.24. The third-order valence-electron chi connectivity index (χ3n) is 2.45. The van der Waals surface area contributed by atoms with Crippen LogP contribution in [-0.4, -0.2) is 28.9 Å². The predicted octanol–water partition coefficient (Wildman–Crippen LogP) is 0.264. The summed E-state index contributed by atoms with van der Waals surface area (Å²) >= 11 is 0. The number of hydrogen-bond donors (Lipinski definition) is 2. The molecule has 9 nitrogen and oxygen atoms in total. The van der Waals surface area contributed by atoms with Gasteiger partial charge in [0, 0.05) is 11.6 Å². The summed E-state index contributed by atoms with van der Waals surface area (Å²) in [5.74, 6) is -1.71. The van der Waals surface area contributed by atoms with E-state index in [0.717, 1.165) is 0 Å². The Bertz CT molecular complexity index is 586. The van der Waals surface area contributed by atoms with E-state index in [1.807, 2.05) is 0 Å². The first-order chi connectivity index (χ1) is 9.81. The molecule has 21 heavy (non-hydrogen) atoms. The lowest BCUT2D eigenvalue weighted by atomic mass is 10.1. The number of rotatable bonds is 5. The van der Waals surface area contributed by atoms with Crippen molar-refractivity contribution >= 4 is 23.6 Å². The highest BCUT2D eigenvalue weighted by atomic mass is 16.6. The number of amides is 3. The number of carbonyl (C=O) groups excluding carboxylic acids is 3. The molecule has 3 amide bonds. The molecule has 1 aromatic rings. The maximum absolute atomic E-state index is 11.6. The van der Waals surface area contributed by atoms with E-state index >= 15 is 0 Å². The number of nitrogens with two attached hydrogens (primary N) is 1. The van der Waals surface area contributed by atoms with Gasteiger partial charge in [-0.25, -0.2) is 4.79 Å². The number of para-hydroxylation sites is 1. The van der Waals surface area contributed by atoms with Crippen LogP contribution >= 0.6 is 0 Å². The van der Waals surface area contributed by atoms with Gasteiger partial charge >= 0.3 is 12.0 Å². The van der Waals surface area contributed by atoms with Crippen LogP contribution in [0.1, 0.15) is 12.5 Å². The average molecular weight is 295 g/mol. The number of urea groups is 1. The van der Waals surface area contributed by atoms with E-state index in [0.29, 0.717) is 0 Å². The molecule has 112 valence electrons. The van der Waals surface area contributed by atoms with Gasteiger partial charge < -0.3 is 10.5 Å². The van der Waals surface area contributed by atoms with Crippen LogP contribution in [0.25, 0.3) is 0 Å². The zero-order chi connectivity index (χ0) is 16.0. The fourth-order valence-corrected chi connectivity index (χ4v) is 1.51. The first-order valence-electron chi connectivity index (χ1n) is 5.83. The van der Waals surface area contributed by atoms with Gasteiger partial charge in [0.1, 0.15) is 0 Å². The number of carbonyl (C=O) groups is 3. The van der Waals surface area contributed by atoms with Crippen molar-refractivity contribution in [3.05, 3.63) is 39.9 Å². The van der Waals surface area contributed by atoms with Crippen molar-refractivity contribution in [3.8, 4) is 0 Å². The van der Waals surface area contributed by atoms with Gasteiger partial charge in [0.05, 0.1) is 11.3 Å². The summed E-state index contributed by atoms with van der Waals surface area (Å²) in [6, 6.07) is 4.61. The first-order valence-corrected chi connectivity index (χ1v) is 5.83. The SMILES string of the molecule is C[C@@H](OC(=O)Cc1ccccc1[N+](=O)[O-])C(=O)NC(N)=O. The second-order valence-electron chi connectivity index (χ2n) is 4.05. The van der Waals surface area contributed by atoms with Crippen LogP contribution in [0.15, 0.2) is 24.3 Å². The second-order valence-corrected chi connectivity index (χ2v) is 4.05. The molecule has 0 spiro atoms. The molecule has 0 fully saturated rings. The number of nitrogens with one attached hydrogen (secondary N) is 1. The van der Waals surface area contributed by atoms with E-state index in [4.69, 9.17) is 10.5 Å². The lowest BCUT2D eigenvalue weighted by Gasteiger charge is -2.11. The van der Waals surface area contributed by atoms with Crippen LogP contribution in [0.4, 0.5) is 10.5 Å². The Morgan fingerprint density at radius 1 is 1.38 bits per heavy atom. The number of benzene rings is 1. The molecule has 0 radical (unpaired) electrons. The Labute approximate surface area is 119 Å². The van der Waals surface area contributed by atoms with Crippen LogP contribution in [0, 0.1) is 10.1 Å². The highest BCUT2D eigenvalue weighted by Crippen LogP contribution is 2.18. The molecule has 0 aromatic heterocycles. The van der Waals surface area contributed by atoms with Crippen molar-refractivity contribution in [2.45, 2.75) is 19.4 Å². The lowest BCUT2D eigenvalue weighted by molar-refractivity contribution is -0.385. The number of nitro benzene ring substituents is 1. The van der Waals surface area contributed by atoms with Gasteiger partial charge in [-0.2, -0.15) is 0 Å². The molecule has 0 saturated heterocycles. The van der Waals surface area contributed by atoms with Gasteiger partial charge in [-0.15, -0.1) is 0 Å². The third kappa shape index (κ3) is 4.90. The molecule has 3 N–H and O–H groups in total. The quantitative estimate of drug-likeness (QED) is 0.453. The van der Waals surface area contributed by atoms with Gasteiger partial charge in [-0.05, 0) is 6.92 Å². The number of imide groups is 1. The Morgan fingerprint density at radius 3 is 2.57 bits per heavy atom. The van der Waals surface area contributed by atoms with Crippen LogP contribution in [0.5, 0.6) is 0 Å². The van der Waals surface area contributed by atoms with Crippen molar-refractivity contribution in [1.82, 2.24) is 5.32 Å².